The summed E-state index contributed by atoms with van der Waals surface area (Å²) in [5.74, 6) is 0.896. The number of rotatable bonds is 9. The molecular formula is C21H33ClN8O5S. The third kappa shape index (κ3) is 7.31. The molecule has 0 radical (unpaired) electrons. The average Bonchev–Trinajstić information content (AvgIpc) is 3.12. The molecule has 0 aromatic carbocycles. The fraction of sp³-hybridized carbons (Fsp3) is 0.714. The van der Waals surface area contributed by atoms with Gasteiger partial charge in [0.05, 0.1) is 12.4 Å². The number of hydrogen-bond donors (Lipinski definition) is 3. The second-order valence-corrected chi connectivity index (χ2v) is 12.3. The van der Waals surface area contributed by atoms with Crippen LogP contribution in [0.25, 0.3) is 5.65 Å². The number of alkyl carbamates (subject to hydrolysis) is 1. The molecule has 2 aliphatic heterocycles. The highest BCUT2D eigenvalue weighted by molar-refractivity contribution is 7.89. The smallest absolute Gasteiger partial charge is 0.407 e. The van der Waals surface area contributed by atoms with Gasteiger partial charge in [0.2, 0.25) is 21.9 Å². The Morgan fingerprint density at radius 2 is 2.08 bits per heavy atom. The summed E-state index contributed by atoms with van der Waals surface area (Å²) in [6, 6.07) is 1.41. The van der Waals surface area contributed by atoms with Crippen LogP contribution in [0.5, 0.6) is 0 Å². The average molecular weight is 545 g/mol. The molecule has 0 bridgehead atoms. The highest BCUT2D eigenvalue weighted by Gasteiger charge is 2.30. The third-order valence-corrected chi connectivity index (χ3v) is 7.23. The van der Waals surface area contributed by atoms with Crippen LogP contribution >= 0.6 is 11.6 Å². The number of sulfonamides is 1. The van der Waals surface area contributed by atoms with Crippen LogP contribution in [0.3, 0.4) is 0 Å². The van der Waals surface area contributed by atoms with E-state index in [1.165, 1.54) is 4.52 Å². The minimum absolute atomic E-state index is 0.119. The lowest BCUT2D eigenvalue weighted by atomic mass is 10.0. The first-order chi connectivity index (χ1) is 17.0. The van der Waals surface area contributed by atoms with Crippen molar-refractivity contribution in [3.63, 3.8) is 0 Å². The van der Waals surface area contributed by atoms with Crippen LogP contribution in [0.4, 0.5) is 16.7 Å². The van der Waals surface area contributed by atoms with Gasteiger partial charge in [0.25, 0.3) is 0 Å². The van der Waals surface area contributed by atoms with E-state index in [-0.39, 0.29) is 29.4 Å². The molecular weight excluding hydrogens is 512 g/mol. The Labute approximate surface area is 215 Å². The molecule has 2 aromatic heterocycles. The summed E-state index contributed by atoms with van der Waals surface area (Å²) in [6.07, 6.45) is 1.15. The summed E-state index contributed by atoms with van der Waals surface area (Å²) in [6.45, 7) is 8.40. The first kappa shape index (κ1) is 26.6. The van der Waals surface area contributed by atoms with Crippen LogP contribution in [-0.4, -0.2) is 90.9 Å². The number of nitrogens with one attached hydrogen (secondary N) is 3. The molecule has 2 fully saturated rings. The quantitative estimate of drug-likeness (QED) is 0.420. The highest BCUT2D eigenvalue weighted by Crippen LogP contribution is 2.24. The van der Waals surface area contributed by atoms with Crippen molar-refractivity contribution in [2.24, 2.45) is 5.92 Å². The molecule has 0 aliphatic carbocycles. The summed E-state index contributed by atoms with van der Waals surface area (Å²) in [4.78, 5) is 22.9. The van der Waals surface area contributed by atoms with Crippen LogP contribution < -0.4 is 20.3 Å². The molecule has 0 saturated carbocycles. The van der Waals surface area contributed by atoms with Crippen molar-refractivity contribution in [3.8, 4) is 0 Å². The maximum atomic E-state index is 12.5. The first-order valence-electron chi connectivity index (χ1n) is 11.9. The van der Waals surface area contributed by atoms with Gasteiger partial charge in [-0.1, -0.05) is 11.6 Å². The van der Waals surface area contributed by atoms with Crippen molar-refractivity contribution in [3.05, 3.63) is 11.2 Å². The molecule has 1 atom stereocenters. The van der Waals surface area contributed by atoms with E-state index in [2.05, 4.69) is 30.4 Å². The maximum Gasteiger partial charge on any atom is 0.407 e. The summed E-state index contributed by atoms with van der Waals surface area (Å²) in [5, 5.41) is 10.3. The predicted octanol–water partition coefficient (Wildman–Crippen LogP) is 1.25. The number of halogens is 1. The molecule has 15 heteroatoms. The second-order valence-electron chi connectivity index (χ2n) is 10.0. The van der Waals surface area contributed by atoms with E-state index in [1.807, 2.05) is 25.7 Å². The summed E-state index contributed by atoms with van der Waals surface area (Å²) >= 11 is 6.08. The molecule has 0 spiro atoms. The number of hydrogen-bond acceptors (Lipinski definition) is 10. The maximum absolute atomic E-state index is 12.5. The van der Waals surface area contributed by atoms with Gasteiger partial charge >= 0.3 is 6.09 Å². The Morgan fingerprint density at radius 3 is 2.78 bits per heavy atom. The molecule has 4 heterocycles. The summed E-state index contributed by atoms with van der Waals surface area (Å²) < 4.78 is 39.7. The molecule has 1 unspecified atom stereocenters. The Morgan fingerprint density at radius 1 is 1.31 bits per heavy atom. The normalized spacial score (nSPS) is 19.2. The number of amides is 1. The lowest BCUT2D eigenvalue weighted by molar-refractivity contribution is 0.0516. The van der Waals surface area contributed by atoms with Gasteiger partial charge in [0, 0.05) is 50.8 Å². The summed E-state index contributed by atoms with van der Waals surface area (Å²) in [5.41, 5.74) is -0.0580. The van der Waals surface area contributed by atoms with Gasteiger partial charge in [-0.3, -0.25) is 0 Å². The molecule has 36 heavy (non-hydrogen) atoms. The number of anilines is 2. The van der Waals surface area contributed by atoms with Crippen LogP contribution in [0.15, 0.2) is 6.07 Å². The van der Waals surface area contributed by atoms with E-state index in [4.69, 9.17) is 21.1 Å². The van der Waals surface area contributed by atoms with Gasteiger partial charge < -0.3 is 25.0 Å². The zero-order valence-corrected chi connectivity index (χ0v) is 22.2. The van der Waals surface area contributed by atoms with Gasteiger partial charge in [0.1, 0.15) is 5.60 Å². The summed E-state index contributed by atoms with van der Waals surface area (Å²) in [7, 11) is -3.50. The standard InChI is InChI=1S/C21H33ClN8O5S/c1-21(2,3)35-20(31)24-10-14-11-29(12-14)19-25-17-9-16(22)27-30(17)18(26-19)23-6-8-36(32,33)28-15-5-4-7-34-13-15/h9,14-15,28H,4-8,10-13H2,1-3H3,(H,24,31)(H,23,25,26). The van der Waals surface area contributed by atoms with E-state index in [0.29, 0.717) is 50.4 Å². The van der Waals surface area contributed by atoms with Crippen molar-refractivity contribution in [1.29, 1.82) is 0 Å². The topological polar surface area (TPSA) is 152 Å². The van der Waals surface area contributed by atoms with Gasteiger partial charge in [-0.05, 0) is 33.6 Å². The monoisotopic (exact) mass is 544 g/mol. The lowest BCUT2D eigenvalue weighted by Crippen LogP contribution is -2.52. The molecule has 2 aromatic rings. The molecule has 2 saturated heterocycles. The fourth-order valence-corrected chi connectivity index (χ4v) is 5.31. The van der Waals surface area contributed by atoms with E-state index in [1.54, 1.807) is 6.07 Å². The van der Waals surface area contributed by atoms with Crippen LogP contribution in [0, 0.1) is 5.92 Å². The van der Waals surface area contributed by atoms with Crippen molar-refractivity contribution >= 4 is 45.3 Å². The van der Waals surface area contributed by atoms with Crippen LogP contribution in [0.1, 0.15) is 33.6 Å². The van der Waals surface area contributed by atoms with Crippen molar-refractivity contribution in [2.75, 3.05) is 55.4 Å². The Kier molecular flexibility index (Phi) is 8.07. The van der Waals surface area contributed by atoms with E-state index < -0.39 is 21.7 Å². The second kappa shape index (κ2) is 10.9. The minimum atomic E-state index is -3.50. The number of carbonyl (C=O) groups is 1. The SMILES string of the molecule is CC(C)(C)OC(=O)NCC1CN(c2nc(NCCS(=O)(=O)NC3CCCOC3)n3nc(Cl)cc3n2)C1. The number of ether oxygens (including phenoxy) is 2. The number of nitrogens with zero attached hydrogens (tertiary/aromatic N) is 5. The number of aromatic nitrogens is 4. The van der Waals surface area contributed by atoms with Gasteiger partial charge in [0.15, 0.2) is 10.8 Å². The third-order valence-electron chi connectivity index (χ3n) is 5.62. The van der Waals surface area contributed by atoms with E-state index >= 15 is 0 Å². The molecule has 200 valence electrons. The van der Waals surface area contributed by atoms with Crippen molar-refractivity contribution in [1.82, 2.24) is 29.6 Å². The zero-order valence-electron chi connectivity index (χ0n) is 20.7. The first-order valence-corrected chi connectivity index (χ1v) is 14.0. The molecule has 13 nitrogen and oxygen atoms in total. The largest absolute Gasteiger partial charge is 0.444 e. The van der Waals surface area contributed by atoms with E-state index in [0.717, 1.165) is 12.8 Å². The Bertz CT molecular complexity index is 1170. The van der Waals surface area contributed by atoms with Crippen molar-refractivity contribution in [2.45, 2.75) is 45.3 Å². The number of carbonyl (C=O) groups excluding carboxylic acids is 1. The Balaban J connectivity index is 1.33. The fourth-order valence-electron chi connectivity index (χ4n) is 3.95. The minimum Gasteiger partial charge on any atom is -0.444 e. The van der Waals surface area contributed by atoms with Crippen molar-refractivity contribution < 1.29 is 22.7 Å². The van der Waals surface area contributed by atoms with Gasteiger partial charge in [-0.2, -0.15) is 19.6 Å². The predicted molar refractivity (Wildman–Crippen MR) is 135 cm³/mol. The number of fused-ring (bicyclic) bond motifs is 1. The lowest BCUT2D eigenvalue weighted by Gasteiger charge is -2.39. The molecule has 3 N–H and O–H groups in total. The Hall–Kier alpha value is -2.42. The van der Waals surface area contributed by atoms with E-state index in [9.17, 15) is 13.2 Å². The van der Waals surface area contributed by atoms with Crippen LogP contribution in [-0.2, 0) is 19.5 Å². The molecule has 1 amide bonds. The zero-order chi connectivity index (χ0) is 25.9. The molecule has 4 rings (SSSR count). The van der Waals surface area contributed by atoms with Crippen LogP contribution in [0.2, 0.25) is 5.15 Å². The van der Waals surface area contributed by atoms with Gasteiger partial charge in [-0.25, -0.2) is 17.9 Å². The molecule has 2 aliphatic rings. The highest BCUT2D eigenvalue weighted by atomic mass is 35.5. The van der Waals surface area contributed by atoms with Gasteiger partial charge in [-0.15, -0.1) is 0 Å².